The molecule has 1 rings (SSSR count). The van der Waals surface area contributed by atoms with Gasteiger partial charge in [-0.2, -0.15) is 0 Å². The van der Waals surface area contributed by atoms with Crippen LogP contribution in [0.25, 0.3) is 0 Å². The second-order valence-electron chi connectivity index (χ2n) is 3.66. The molecule has 1 aliphatic heterocycles. The normalized spacial score (nSPS) is 24.1. The number of primary amides is 1. The molecule has 2 N–H and O–H groups in total. The summed E-state index contributed by atoms with van der Waals surface area (Å²) >= 11 is 0. The molecule has 1 saturated heterocycles. The second kappa shape index (κ2) is 6.23. The number of hydrogen-bond acceptors (Lipinski definition) is 3. The third-order valence-corrected chi connectivity index (χ3v) is 2.32. The number of hydrogen-bond donors (Lipinski definition) is 1. The van der Waals surface area contributed by atoms with Crippen molar-refractivity contribution in [3.8, 4) is 0 Å². The second-order valence-corrected chi connectivity index (χ2v) is 3.66. The summed E-state index contributed by atoms with van der Waals surface area (Å²) in [4.78, 5) is 22.1. The van der Waals surface area contributed by atoms with Crippen LogP contribution in [0.1, 0.15) is 26.2 Å². The quantitative estimate of drug-likeness (QED) is 0.519. The van der Waals surface area contributed by atoms with Crippen LogP contribution in [0.3, 0.4) is 0 Å². The van der Waals surface area contributed by atoms with E-state index in [1.54, 1.807) is 0 Å². The van der Waals surface area contributed by atoms with Gasteiger partial charge in [0, 0.05) is 6.42 Å². The average Bonchev–Trinajstić information content (AvgIpc) is 3.02. The Kier molecular flexibility index (Phi) is 4.92. The van der Waals surface area contributed by atoms with Gasteiger partial charge in [0.2, 0.25) is 5.91 Å². The molecule has 2 atom stereocenters. The lowest BCUT2D eigenvalue weighted by molar-refractivity contribution is -0.121. The first-order chi connectivity index (χ1) is 7.66. The molecule has 0 aromatic heterocycles. The highest BCUT2D eigenvalue weighted by molar-refractivity contribution is 5.95. The van der Waals surface area contributed by atoms with Crippen molar-refractivity contribution in [1.82, 2.24) is 0 Å². The van der Waals surface area contributed by atoms with E-state index in [-0.39, 0.29) is 5.78 Å². The zero-order chi connectivity index (χ0) is 12.0. The van der Waals surface area contributed by atoms with Crippen LogP contribution in [0.5, 0.6) is 0 Å². The molecule has 0 aromatic rings. The van der Waals surface area contributed by atoms with Crippen molar-refractivity contribution in [3.05, 3.63) is 24.3 Å². The molecule has 1 aliphatic rings. The molecular weight excluding hydrogens is 206 g/mol. The molecule has 0 saturated carbocycles. The Morgan fingerprint density at radius 3 is 2.56 bits per heavy atom. The fourth-order valence-corrected chi connectivity index (χ4v) is 1.37. The predicted molar refractivity (Wildman–Crippen MR) is 60.7 cm³/mol. The minimum absolute atomic E-state index is 0.0421. The molecule has 1 heterocycles. The van der Waals surface area contributed by atoms with Gasteiger partial charge >= 0.3 is 0 Å². The number of ketones is 1. The fourth-order valence-electron chi connectivity index (χ4n) is 1.37. The molecule has 0 radical (unpaired) electrons. The largest absolute Gasteiger partial charge is 0.367 e. The summed E-state index contributed by atoms with van der Waals surface area (Å²) < 4.78 is 4.88. The monoisotopic (exact) mass is 223 g/mol. The van der Waals surface area contributed by atoms with Crippen molar-refractivity contribution in [2.24, 2.45) is 5.73 Å². The van der Waals surface area contributed by atoms with Gasteiger partial charge in [-0.15, -0.1) is 0 Å². The van der Waals surface area contributed by atoms with Crippen LogP contribution in [0.15, 0.2) is 24.3 Å². The van der Waals surface area contributed by atoms with Crippen molar-refractivity contribution in [2.45, 2.75) is 38.4 Å². The number of amides is 1. The zero-order valence-electron chi connectivity index (χ0n) is 9.39. The average molecular weight is 223 g/mol. The summed E-state index contributed by atoms with van der Waals surface area (Å²) in [6.45, 7) is 1.96. The van der Waals surface area contributed by atoms with E-state index in [1.807, 2.05) is 31.2 Å². The highest BCUT2D eigenvalue weighted by atomic mass is 16.6. The van der Waals surface area contributed by atoms with Gasteiger partial charge in [-0.3, -0.25) is 9.59 Å². The van der Waals surface area contributed by atoms with E-state index in [4.69, 9.17) is 10.5 Å². The Labute approximate surface area is 95.1 Å². The number of ether oxygens (including phenoxy) is 1. The first-order valence-corrected chi connectivity index (χ1v) is 5.40. The summed E-state index contributed by atoms with van der Waals surface area (Å²) in [5, 5.41) is 0. The van der Waals surface area contributed by atoms with Crippen molar-refractivity contribution in [2.75, 3.05) is 0 Å². The summed E-state index contributed by atoms with van der Waals surface area (Å²) in [6.07, 6.45) is 8.68. The maximum atomic E-state index is 11.4. The summed E-state index contributed by atoms with van der Waals surface area (Å²) in [6, 6.07) is 0. The molecule has 0 spiro atoms. The third-order valence-electron chi connectivity index (χ3n) is 2.32. The Balaban J connectivity index is 2.12. The van der Waals surface area contributed by atoms with Gasteiger partial charge in [-0.05, 0) is 19.8 Å². The topological polar surface area (TPSA) is 72.7 Å². The van der Waals surface area contributed by atoms with E-state index in [1.165, 1.54) is 0 Å². The SMILES string of the molecule is CC=CCC=CCCC(=O)[C@@H]1O[C@H]1C(N)=O. The molecule has 0 aliphatic carbocycles. The minimum Gasteiger partial charge on any atom is -0.367 e. The number of epoxide rings is 1. The third kappa shape index (κ3) is 3.98. The molecule has 4 nitrogen and oxygen atoms in total. The van der Waals surface area contributed by atoms with Crippen LogP contribution in [-0.4, -0.2) is 23.9 Å². The number of Topliss-reactive ketones (excluding diaryl/α,β-unsaturated/α-hetero) is 1. The van der Waals surface area contributed by atoms with Crippen molar-refractivity contribution >= 4 is 11.7 Å². The molecule has 88 valence electrons. The smallest absolute Gasteiger partial charge is 0.249 e. The maximum absolute atomic E-state index is 11.4. The molecular formula is C12H17NO3. The Morgan fingerprint density at radius 2 is 2.00 bits per heavy atom. The van der Waals surface area contributed by atoms with Crippen molar-refractivity contribution in [3.63, 3.8) is 0 Å². The summed E-state index contributed by atoms with van der Waals surface area (Å²) in [5.74, 6) is -0.596. The Bertz CT molecular complexity index is 320. The lowest BCUT2D eigenvalue weighted by Crippen LogP contribution is -2.22. The lowest BCUT2D eigenvalue weighted by atomic mass is 10.1. The first-order valence-electron chi connectivity index (χ1n) is 5.40. The minimum atomic E-state index is -0.681. The summed E-state index contributed by atoms with van der Waals surface area (Å²) in [5.41, 5.74) is 5.00. The standard InChI is InChI=1S/C12H17NO3/c1-2-3-4-5-6-7-8-9(14)10-11(16-10)12(13)15/h2-3,5-6,10-11H,4,7-8H2,1H3,(H2,13,15)/t10-,11+/m0/s1. The maximum Gasteiger partial charge on any atom is 0.249 e. The van der Waals surface area contributed by atoms with Gasteiger partial charge in [0.1, 0.15) is 0 Å². The molecule has 1 fully saturated rings. The van der Waals surface area contributed by atoms with E-state index in [0.717, 1.165) is 6.42 Å². The highest BCUT2D eigenvalue weighted by Crippen LogP contribution is 2.24. The van der Waals surface area contributed by atoms with Crippen molar-refractivity contribution in [1.29, 1.82) is 0 Å². The fraction of sp³-hybridized carbons (Fsp3) is 0.500. The van der Waals surface area contributed by atoms with Crippen LogP contribution in [0.4, 0.5) is 0 Å². The van der Waals surface area contributed by atoms with Gasteiger partial charge in [0.15, 0.2) is 18.0 Å². The molecule has 0 aromatic carbocycles. The predicted octanol–water partition coefficient (Wildman–Crippen LogP) is 1.11. The highest BCUT2D eigenvalue weighted by Gasteiger charge is 2.48. The number of allylic oxidation sites excluding steroid dienone is 4. The number of nitrogens with two attached hydrogens (primary N) is 1. The molecule has 1 amide bonds. The van der Waals surface area contributed by atoms with Crippen LogP contribution in [-0.2, 0) is 14.3 Å². The van der Waals surface area contributed by atoms with Crippen molar-refractivity contribution < 1.29 is 14.3 Å². The Morgan fingerprint density at radius 1 is 1.25 bits per heavy atom. The molecule has 0 unspecified atom stereocenters. The van der Waals surface area contributed by atoms with Gasteiger partial charge in [0.05, 0.1) is 0 Å². The van der Waals surface area contributed by atoms with E-state index in [2.05, 4.69) is 0 Å². The van der Waals surface area contributed by atoms with Gasteiger partial charge in [-0.1, -0.05) is 24.3 Å². The van der Waals surface area contributed by atoms with E-state index >= 15 is 0 Å². The zero-order valence-corrected chi connectivity index (χ0v) is 9.39. The van der Waals surface area contributed by atoms with E-state index < -0.39 is 18.1 Å². The van der Waals surface area contributed by atoms with E-state index in [9.17, 15) is 9.59 Å². The lowest BCUT2D eigenvalue weighted by Gasteiger charge is -1.92. The van der Waals surface area contributed by atoms with Gasteiger partial charge in [0.25, 0.3) is 0 Å². The van der Waals surface area contributed by atoms with Crippen LogP contribution in [0.2, 0.25) is 0 Å². The van der Waals surface area contributed by atoms with E-state index in [0.29, 0.717) is 12.8 Å². The summed E-state index contributed by atoms with van der Waals surface area (Å²) in [7, 11) is 0. The first kappa shape index (κ1) is 12.6. The van der Waals surface area contributed by atoms with Crippen LogP contribution in [0, 0.1) is 0 Å². The number of carbonyl (C=O) groups excluding carboxylic acids is 2. The Hall–Kier alpha value is -1.42. The van der Waals surface area contributed by atoms with Crippen LogP contribution < -0.4 is 5.73 Å². The number of carbonyl (C=O) groups is 2. The number of rotatable bonds is 7. The van der Waals surface area contributed by atoms with Crippen LogP contribution >= 0.6 is 0 Å². The molecule has 0 bridgehead atoms. The molecule has 4 heteroatoms. The van der Waals surface area contributed by atoms with Gasteiger partial charge in [-0.25, -0.2) is 0 Å². The molecule has 16 heavy (non-hydrogen) atoms. The van der Waals surface area contributed by atoms with Gasteiger partial charge < -0.3 is 10.5 Å².